The van der Waals surface area contributed by atoms with Gasteiger partial charge < -0.3 is 5.32 Å². The van der Waals surface area contributed by atoms with Gasteiger partial charge in [0.05, 0.1) is 0 Å². The van der Waals surface area contributed by atoms with Crippen LogP contribution in [0.5, 0.6) is 0 Å². The Bertz CT molecular complexity index is 238. The van der Waals surface area contributed by atoms with E-state index in [-0.39, 0.29) is 5.83 Å². The first-order valence-corrected chi connectivity index (χ1v) is 4.13. The first kappa shape index (κ1) is 9.20. The molecule has 1 heterocycles. The molecule has 0 atom stereocenters. The molecule has 0 unspecified atom stereocenters. The molecule has 0 bridgehead atoms. The minimum Gasteiger partial charge on any atom is -0.312 e. The smallest absolute Gasteiger partial charge is 0.122 e. The maximum Gasteiger partial charge on any atom is 0.122 e. The first-order valence-electron chi connectivity index (χ1n) is 4.13. The highest BCUT2D eigenvalue weighted by atomic mass is 19.1. The van der Waals surface area contributed by atoms with Gasteiger partial charge in [-0.3, -0.25) is 0 Å². The van der Waals surface area contributed by atoms with Crippen molar-refractivity contribution in [1.82, 2.24) is 5.32 Å². The average molecular weight is 167 g/mol. The summed E-state index contributed by atoms with van der Waals surface area (Å²) in [5, 5.41) is 3.19. The summed E-state index contributed by atoms with van der Waals surface area (Å²) in [7, 11) is 0. The Balaban J connectivity index is 2.78. The molecule has 0 radical (unpaired) electrons. The molecule has 0 aromatic carbocycles. The number of allylic oxidation sites excluding steroid dienone is 2. The molecule has 0 aromatic heterocycles. The van der Waals surface area contributed by atoms with Crippen LogP contribution in [-0.4, -0.2) is 13.1 Å². The van der Waals surface area contributed by atoms with Gasteiger partial charge in [0, 0.05) is 6.54 Å². The SMILES string of the molecule is C=C/C(F)=C\C1=C(C)CCNC1. The highest BCUT2D eigenvalue weighted by Crippen LogP contribution is 2.15. The van der Waals surface area contributed by atoms with Gasteiger partial charge in [-0.1, -0.05) is 12.2 Å². The van der Waals surface area contributed by atoms with Crippen molar-refractivity contribution in [2.45, 2.75) is 13.3 Å². The van der Waals surface area contributed by atoms with Crippen LogP contribution >= 0.6 is 0 Å². The van der Waals surface area contributed by atoms with E-state index in [1.165, 1.54) is 11.6 Å². The minimum atomic E-state index is -0.256. The molecule has 0 saturated heterocycles. The van der Waals surface area contributed by atoms with Crippen molar-refractivity contribution in [3.8, 4) is 0 Å². The molecular formula is C10H14FN. The monoisotopic (exact) mass is 167 g/mol. The van der Waals surface area contributed by atoms with Crippen molar-refractivity contribution in [1.29, 1.82) is 0 Å². The van der Waals surface area contributed by atoms with E-state index in [0.717, 1.165) is 25.1 Å². The first-order chi connectivity index (χ1) is 5.74. The van der Waals surface area contributed by atoms with E-state index in [4.69, 9.17) is 0 Å². The Morgan fingerprint density at radius 1 is 1.67 bits per heavy atom. The summed E-state index contributed by atoms with van der Waals surface area (Å²) >= 11 is 0. The highest BCUT2D eigenvalue weighted by Gasteiger charge is 2.06. The van der Waals surface area contributed by atoms with E-state index in [9.17, 15) is 4.39 Å². The molecule has 0 amide bonds. The van der Waals surface area contributed by atoms with E-state index in [0.29, 0.717) is 0 Å². The summed E-state index contributed by atoms with van der Waals surface area (Å²) in [4.78, 5) is 0. The summed E-state index contributed by atoms with van der Waals surface area (Å²) in [6.45, 7) is 7.18. The lowest BCUT2D eigenvalue weighted by molar-refractivity contribution is 0.653. The molecule has 1 aliphatic heterocycles. The lowest BCUT2D eigenvalue weighted by Gasteiger charge is -2.15. The molecule has 2 heteroatoms. The van der Waals surface area contributed by atoms with Gasteiger partial charge in [-0.2, -0.15) is 0 Å². The molecular weight excluding hydrogens is 153 g/mol. The predicted molar refractivity (Wildman–Crippen MR) is 49.6 cm³/mol. The molecule has 1 nitrogen and oxygen atoms in total. The van der Waals surface area contributed by atoms with Crippen molar-refractivity contribution >= 4 is 0 Å². The van der Waals surface area contributed by atoms with Gasteiger partial charge in [0.2, 0.25) is 0 Å². The van der Waals surface area contributed by atoms with Gasteiger partial charge in [-0.15, -0.1) is 0 Å². The van der Waals surface area contributed by atoms with Crippen LogP contribution in [0.4, 0.5) is 4.39 Å². The Morgan fingerprint density at radius 2 is 2.42 bits per heavy atom. The van der Waals surface area contributed by atoms with Crippen LogP contribution in [0.15, 0.2) is 35.7 Å². The Kier molecular flexibility index (Phi) is 3.23. The van der Waals surface area contributed by atoms with Gasteiger partial charge in [0.25, 0.3) is 0 Å². The third-order valence-electron chi connectivity index (χ3n) is 2.05. The van der Waals surface area contributed by atoms with Crippen molar-refractivity contribution < 1.29 is 4.39 Å². The zero-order valence-electron chi connectivity index (χ0n) is 7.36. The second kappa shape index (κ2) is 4.21. The fourth-order valence-electron chi connectivity index (χ4n) is 1.21. The van der Waals surface area contributed by atoms with Crippen LogP contribution in [0, 0.1) is 0 Å². The number of halogens is 1. The average Bonchev–Trinajstić information content (AvgIpc) is 2.09. The van der Waals surface area contributed by atoms with Gasteiger partial charge >= 0.3 is 0 Å². The van der Waals surface area contributed by atoms with Crippen molar-refractivity contribution in [3.63, 3.8) is 0 Å². The van der Waals surface area contributed by atoms with Gasteiger partial charge in [0.15, 0.2) is 0 Å². The Labute approximate surface area is 72.7 Å². The third kappa shape index (κ3) is 2.31. The summed E-state index contributed by atoms with van der Waals surface area (Å²) in [5.74, 6) is -0.256. The van der Waals surface area contributed by atoms with Crippen LogP contribution in [0.1, 0.15) is 13.3 Å². The number of nitrogens with one attached hydrogen (secondary N) is 1. The summed E-state index contributed by atoms with van der Waals surface area (Å²) in [5.41, 5.74) is 2.32. The second-order valence-corrected chi connectivity index (χ2v) is 2.97. The molecule has 0 fully saturated rings. The maximum atomic E-state index is 12.8. The fraction of sp³-hybridized carbons (Fsp3) is 0.400. The van der Waals surface area contributed by atoms with Crippen LogP contribution in [0.2, 0.25) is 0 Å². The second-order valence-electron chi connectivity index (χ2n) is 2.97. The van der Waals surface area contributed by atoms with Crippen LogP contribution in [0.3, 0.4) is 0 Å². The molecule has 1 aliphatic rings. The molecule has 0 aliphatic carbocycles. The Hall–Kier alpha value is -0.890. The predicted octanol–water partition coefficient (Wildman–Crippen LogP) is 2.34. The van der Waals surface area contributed by atoms with E-state index < -0.39 is 0 Å². The highest BCUT2D eigenvalue weighted by molar-refractivity contribution is 5.32. The van der Waals surface area contributed by atoms with E-state index in [1.54, 1.807) is 6.08 Å². The van der Waals surface area contributed by atoms with Gasteiger partial charge in [0.1, 0.15) is 5.83 Å². The summed E-state index contributed by atoms with van der Waals surface area (Å²) in [6.07, 6.45) is 3.79. The molecule has 0 aromatic rings. The van der Waals surface area contributed by atoms with Gasteiger partial charge in [-0.25, -0.2) is 4.39 Å². The number of hydrogen-bond acceptors (Lipinski definition) is 1. The largest absolute Gasteiger partial charge is 0.312 e. The maximum absolute atomic E-state index is 12.8. The van der Waals surface area contributed by atoms with E-state index in [1.807, 2.05) is 6.92 Å². The number of rotatable bonds is 2. The summed E-state index contributed by atoms with van der Waals surface area (Å²) < 4.78 is 12.8. The van der Waals surface area contributed by atoms with E-state index in [2.05, 4.69) is 11.9 Å². The summed E-state index contributed by atoms with van der Waals surface area (Å²) in [6, 6.07) is 0. The molecule has 0 saturated carbocycles. The zero-order valence-corrected chi connectivity index (χ0v) is 7.36. The van der Waals surface area contributed by atoms with Crippen molar-refractivity contribution in [2.24, 2.45) is 0 Å². The van der Waals surface area contributed by atoms with Crippen molar-refractivity contribution in [3.05, 3.63) is 35.7 Å². The zero-order chi connectivity index (χ0) is 8.97. The normalized spacial score (nSPS) is 19.7. The standard InChI is InChI=1S/C10H14FN/c1-3-10(11)6-9-7-12-5-4-8(9)2/h3,6,12H,1,4-5,7H2,2H3/b10-6+. The fourth-order valence-corrected chi connectivity index (χ4v) is 1.21. The van der Waals surface area contributed by atoms with Crippen molar-refractivity contribution in [2.75, 3.05) is 13.1 Å². The van der Waals surface area contributed by atoms with Gasteiger partial charge in [-0.05, 0) is 37.6 Å². The number of hydrogen-bond donors (Lipinski definition) is 1. The molecule has 0 spiro atoms. The third-order valence-corrected chi connectivity index (χ3v) is 2.05. The topological polar surface area (TPSA) is 12.0 Å². The van der Waals surface area contributed by atoms with Crippen LogP contribution in [-0.2, 0) is 0 Å². The molecule has 12 heavy (non-hydrogen) atoms. The lowest BCUT2D eigenvalue weighted by atomic mass is 10.0. The quantitative estimate of drug-likeness (QED) is 0.622. The van der Waals surface area contributed by atoms with E-state index >= 15 is 0 Å². The molecule has 1 rings (SSSR count). The van der Waals surface area contributed by atoms with Crippen LogP contribution in [0.25, 0.3) is 0 Å². The molecule has 66 valence electrons. The lowest BCUT2D eigenvalue weighted by Crippen LogP contribution is -2.23. The Morgan fingerprint density at radius 3 is 3.00 bits per heavy atom. The van der Waals surface area contributed by atoms with Crippen LogP contribution < -0.4 is 5.32 Å². The minimum absolute atomic E-state index is 0.256. The molecule has 1 N–H and O–H groups in total.